The van der Waals surface area contributed by atoms with E-state index in [1.54, 1.807) is 26.0 Å². The topological polar surface area (TPSA) is 80.4 Å². The number of rotatable bonds is 4. The van der Waals surface area contributed by atoms with Gasteiger partial charge in [0.05, 0.1) is 10.6 Å². The molecular formula is C11H17NO3S. The van der Waals surface area contributed by atoms with Gasteiger partial charge >= 0.3 is 0 Å². The van der Waals surface area contributed by atoms with Crippen LogP contribution in [0.1, 0.15) is 17.5 Å². The summed E-state index contributed by atoms with van der Waals surface area (Å²) in [4.78, 5) is 0.283. The third-order valence-electron chi connectivity index (χ3n) is 2.50. The average Bonchev–Trinajstić information content (AvgIpc) is 2.22. The molecular weight excluding hydrogens is 226 g/mol. The van der Waals surface area contributed by atoms with Crippen molar-refractivity contribution in [3.8, 4) is 0 Å². The van der Waals surface area contributed by atoms with Gasteiger partial charge in [-0.25, -0.2) is 8.42 Å². The molecule has 1 aromatic carbocycles. The van der Waals surface area contributed by atoms with Crippen LogP contribution in [0.5, 0.6) is 0 Å². The number of aliphatic hydroxyl groups excluding tert-OH is 1. The number of sulfone groups is 1. The number of nitrogen functional groups attached to an aromatic ring is 1. The Kier molecular flexibility index (Phi) is 3.93. The summed E-state index contributed by atoms with van der Waals surface area (Å²) < 4.78 is 23.7. The van der Waals surface area contributed by atoms with Crippen LogP contribution in [-0.2, 0) is 9.84 Å². The lowest BCUT2D eigenvalue weighted by Crippen LogP contribution is -2.09. The van der Waals surface area contributed by atoms with Crippen LogP contribution in [0.3, 0.4) is 0 Å². The third-order valence-corrected chi connectivity index (χ3v) is 4.28. The van der Waals surface area contributed by atoms with E-state index in [1.807, 2.05) is 0 Å². The lowest BCUT2D eigenvalue weighted by atomic mass is 10.1. The summed E-state index contributed by atoms with van der Waals surface area (Å²) in [6.45, 7) is 3.45. The van der Waals surface area contributed by atoms with Crippen LogP contribution in [0.25, 0.3) is 0 Å². The second-order valence-corrected chi connectivity index (χ2v) is 5.98. The molecule has 0 atom stereocenters. The van der Waals surface area contributed by atoms with Crippen molar-refractivity contribution in [1.82, 2.24) is 0 Å². The predicted molar refractivity (Wildman–Crippen MR) is 64.1 cm³/mol. The quantitative estimate of drug-likeness (QED) is 0.774. The fraction of sp³-hybridized carbons (Fsp3) is 0.455. The van der Waals surface area contributed by atoms with Crippen molar-refractivity contribution in [1.29, 1.82) is 0 Å². The van der Waals surface area contributed by atoms with Crippen LogP contribution >= 0.6 is 0 Å². The normalized spacial score (nSPS) is 11.7. The molecule has 0 heterocycles. The predicted octanol–water partition coefficient (Wildman–Crippen LogP) is 1.04. The fourth-order valence-corrected chi connectivity index (χ4v) is 2.94. The van der Waals surface area contributed by atoms with E-state index in [4.69, 9.17) is 10.8 Å². The highest BCUT2D eigenvalue weighted by atomic mass is 32.2. The first kappa shape index (κ1) is 13.0. The summed E-state index contributed by atoms with van der Waals surface area (Å²) in [6.07, 6.45) is 0.255. The molecule has 0 saturated heterocycles. The van der Waals surface area contributed by atoms with E-state index in [1.165, 1.54) is 0 Å². The van der Waals surface area contributed by atoms with Crippen molar-refractivity contribution in [3.05, 3.63) is 23.3 Å². The Hall–Kier alpha value is -1.07. The molecule has 0 unspecified atom stereocenters. The van der Waals surface area contributed by atoms with Gasteiger partial charge in [0.25, 0.3) is 0 Å². The van der Waals surface area contributed by atoms with Crippen molar-refractivity contribution in [2.24, 2.45) is 0 Å². The van der Waals surface area contributed by atoms with E-state index in [9.17, 15) is 8.42 Å². The van der Waals surface area contributed by atoms with Crippen molar-refractivity contribution in [2.75, 3.05) is 18.1 Å². The summed E-state index contributed by atoms with van der Waals surface area (Å²) in [5.74, 6) is -0.0354. The smallest absolute Gasteiger partial charge is 0.178 e. The molecule has 16 heavy (non-hydrogen) atoms. The van der Waals surface area contributed by atoms with Crippen LogP contribution in [0, 0.1) is 13.8 Å². The van der Waals surface area contributed by atoms with Crippen LogP contribution in [0.4, 0.5) is 5.69 Å². The minimum atomic E-state index is -3.30. The van der Waals surface area contributed by atoms with Gasteiger partial charge in [-0.15, -0.1) is 0 Å². The number of anilines is 1. The number of hydrogen-bond acceptors (Lipinski definition) is 4. The van der Waals surface area contributed by atoms with Crippen LogP contribution < -0.4 is 5.73 Å². The van der Waals surface area contributed by atoms with Gasteiger partial charge in [0, 0.05) is 12.3 Å². The molecule has 0 bridgehead atoms. The fourth-order valence-electron chi connectivity index (χ4n) is 1.49. The van der Waals surface area contributed by atoms with Gasteiger partial charge < -0.3 is 10.8 Å². The molecule has 90 valence electrons. The molecule has 0 saturated carbocycles. The first-order valence-corrected chi connectivity index (χ1v) is 6.74. The van der Waals surface area contributed by atoms with E-state index in [-0.39, 0.29) is 23.7 Å². The Morgan fingerprint density at radius 2 is 1.75 bits per heavy atom. The summed E-state index contributed by atoms with van der Waals surface area (Å²) in [5, 5.41) is 8.65. The molecule has 1 aromatic rings. The highest BCUT2D eigenvalue weighted by Gasteiger charge is 2.15. The van der Waals surface area contributed by atoms with E-state index in [2.05, 4.69) is 0 Å². The van der Waals surface area contributed by atoms with Crippen molar-refractivity contribution < 1.29 is 13.5 Å². The Morgan fingerprint density at radius 1 is 1.25 bits per heavy atom. The van der Waals surface area contributed by atoms with E-state index in [0.29, 0.717) is 5.69 Å². The molecule has 0 spiro atoms. The van der Waals surface area contributed by atoms with Gasteiger partial charge in [-0.05, 0) is 43.5 Å². The van der Waals surface area contributed by atoms with Gasteiger partial charge in [0.15, 0.2) is 9.84 Å². The summed E-state index contributed by atoms with van der Waals surface area (Å²) in [7, 11) is -3.30. The zero-order valence-electron chi connectivity index (χ0n) is 9.53. The standard InChI is InChI=1S/C11H17NO3S/c1-8-6-10(7-9(2)11(8)12)16(14,15)5-3-4-13/h6-7,13H,3-5,12H2,1-2H3. The first-order valence-electron chi connectivity index (χ1n) is 5.09. The number of hydrogen-bond donors (Lipinski definition) is 2. The molecule has 0 aliphatic heterocycles. The second kappa shape index (κ2) is 4.84. The van der Waals surface area contributed by atoms with Crippen molar-refractivity contribution in [3.63, 3.8) is 0 Å². The maximum atomic E-state index is 11.9. The molecule has 5 heteroatoms. The van der Waals surface area contributed by atoms with E-state index in [0.717, 1.165) is 11.1 Å². The summed E-state index contributed by atoms with van der Waals surface area (Å²) in [5.41, 5.74) is 7.92. The third kappa shape index (κ3) is 2.74. The molecule has 3 N–H and O–H groups in total. The lowest BCUT2D eigenvalue weighted by Gasteiger charge is -2.09. The van der Waals surface area contributed by atoms with E-state index < -0.39 is 9.84 Å². The zero-order chi connectivity index (χ0) is 12.3. The summed E-state index contributed by atoms with van der Waals surface area (Å²) in [6, 6.07) is 3.16. The maximum Gasteiger partial charge on any atom is 0.178 e. The zero-order valence-corrected chi connectivity index (χ0v) is 10.3. The van der Waals surface area contributed by atoms with Crippen molar-refractivity contribution in [2.45, 2.75) is 25.2 Å². The molecule has 0 aromatic heterocycles. The minimum absolute atomic E-state index is 0.0354. The highest BCUT2D eigenvalue weighted by Crippen LogP contribution is 2.22. The van der Waals surface area contributed by atoms with Gasteiger partial charge in [-0.3, -0.25) is 0 Å². The number of benzene rings is 1. The van der Waals surface area contributed by atoms with Gasteiger partial charge in [-0.2, -0.15) is 0 Å². The Labute approximate surface area is 96.0 Å². The SMILES string of the molecule is Cc1cc(S(=O)(=O)CCCO)cc(C)c1N. The molecule has 1 rings (SSSR count). The Morgan fingerprint density at radius 3 is 2.19 bits per heavy atom. The molecule has 0 aliphatic rings. The van der Waals surface area contributed by atoms with Gasteiger partial charge in [0.1, 0.15) is 0 Å². The Bertz CT molecular complexity index is 457. The van der Waals surface area contributed by atoms with Gasteiger partial charge in [0.2, 0.25) is 0 Å². The first-order chi connectivity index (χ1) is 7.38. The molecule has 0 fully saturated rings. The maximum absolute atomic E-state index is 11.9. The van der Waals surface area contributed by atoms with Crippen LogP contribution in [0.15, 0.2) is 17.0 Å². The van der Waals surface area contributed by atoms with Crippen LogP contribution in [-0.4, -0.2) is 25.9 Å². The molecule has 4 nitrogen and oxygen atoms in total. The van der Waals surface area contributed by atoms with E-state index >= 15 is 0 Å². The van der Waals surface area contributed by atoms with Crippen molar-refractivity contribution >= 4 is 15.5 Å². The molecule has 0 aliphatic carbocycles. The highest BCUT2D eigenvalue weighted by molar-refractivity contribution is 7.91. The van der Waals surface area contributed by atoms with Crippen LogP contribution in [0.2, 0.25) is 0 Å². The molecule has 0 amide bonds. The lowest BCUT2D eigenvalue weighted by molar-refractivity contribution is 0.295. The summed E-state index contributed by atoms with van der Waals surface area (Å²) >= 11 is 0. The van der Waals surface area contributed by atoms with Gasteiger partial charge in [-0.1, -0.05) is 0 Å². The molecule has 0 radical (unpaired) electrons. The number of nitrogens with two attached hydrogens (primary N) is 1. The number of aryl methyl sites for hydroxylation is 2. The monoisotopic (exact) mass is 243 g/mol. The number of aliphatic hydroxyl groups is 1. The minimum Gasteiger partial charge on any atom is -0.398 e. The largest absolute Gasteiger partial charge is 0.398 e. The second-order valence-electron chi connectivity index (χ2n) is 3.87. The average molecular weight is 243 g/mol. The Balaban J connectivity index is 3.14.